The summed E-state index contributed by atoms with van der Waals surface area (Å²) < 4.78 is 6.33. The molecule has 7 heteroatoms. The predicted octanol–water partition coefficient (Wildman–Crippen LogP) is 2.06. The molecular formula is C11H14BrN5O. The van der Waals surface area contributed by atoms with Gasteiger partial charge < -0.3 is 9.32 Å². The molecule has 0 aromatic carbocycles. The van der Waals surface area contributed by atoms with Crippen LogP contribution in [0.15, 0.2) is 27.2 Å². The summed E-state index contributed by atoms with van der Waals surface area (Å²) in [6, 6.07) is 3.88. The number of hydrogen-bond donors (Lipinski definition) is 2. The third-order valence-corrected chi connectivity index (χ3v) is 2.96. The van der Waals surface area contributed by atoms with Gasteiger partial charge in [0.25, 0.3) is 0 Å². The minimum atomic E-state index is 0.371. The summed E-state index contributed by atoms with van der Waals surface area (Å²) >= 11 is 3.41. The zero-order valence-corrected chi connectivity index (χ0v) is 11.7. The van der Waals surface area contributed by atoms with Crippen LogP contribution in [0.25, 0.3) is 0 Å². The fourth-order valence-electron chi connectivity index (χ4n) is 1.57. The number of hydrogen-bond acceptors (Lipinski definition) is 6. The summed E-state index contributed by atoms with van der Waals surface area (Å²) in [5.74, 6) is 8.18. The largest absolute Gasteiger partial charge is 0.464 e. The molecule has 0 fully saturated rings. The van der Waals surface area contributed by atoms with Crippen LogP contribution in [0.2, 0.25) is 0 Å². The Kier molecular flexibility index (Phi) is 3.83. The molecule has 0 unspecified atom stereocenters. The fraction of sp³-hybridized carbons (Fsp3) is 0.273. The lowest BCUT2D eigenvalue weighted by atomic mass is 10.4. The topological polar surface area (TPSA) is 80.2 Å². The number of nitrogen functional groups attached to an aromatic ring is 1. The Labute approximate surface area is 113 Å². The van der Waals surface area contributed by atoms with Gasteiger partial charge in [-0.15, -0.1) is 0 Å². The summed E-state index contributed by atoms with van der Waals surface area (Å²) in [7, 11) is 1.92. The highest BCUT2D eigenvalue weighted by Crippen LogP contribution is 2.24. The maximum absolute atomic E-state index is 5.53. The Bertz CT molecular complexity index is 542. The molecule has 0 bridgehead atoms. The van der Waals surface area contributed by atoms with Gasteiger partial charge in [0.15, 0.2) is 0 Å². The number of aryl methyl sites for hydroxylation is 1. The molecular weight excluding hydrogens is 298 g/mol. The normalized spacial score (nSPS) is 10.4. The van der Waals surface area contributed by atoms with Gasteiger partial charge >= 0.3 is 0 Å². The van der Waals surface area contributed by atoms with Crippen LogP contribution < -0.4 is 16.2 Å². The lowest BCUT2D eigenvalue weighted by Crippen LogP contribution is -2.20. The Hall–Kier alpha value is -1.60. The molecule has 0 radical (unpaired) electrons. The van der Waals surface area contributed by atoms with Gasteiger partial charge in [-0.3, -0.25) is 5.43 Å². The van der Waals surface area contributed by atoms with E-state index in [4.69, 9.17) is 10.3 Å². The first-order valence-corrected chi connectivity index (χ1v) is 6.15. The molecule has 2 aromatic rings. The standard InChI is InChI=1S/C11H14BrN5O/c1-7-3-4-8(18-7)6-17(2)10-9(12)5-14-11(15-10)16-13/h3-5H,6,13H2,1-2H3,(H,14,15,16). The van der Waals surface area contributed by atoms with Crippen molar-refractivity contribution in [3.8, 4) is 0 Å². The molecule has 6 nitrogen and oxygen atoms in total. The van der Waals surface area contributed by atoms with Gasteiger partial charge in [0, 0.05) is 13.2 Å². The van der Waals surface area contributed by atoms with E-state index >= 15 is 0 Å². The van der Waals surface area contributed by atoms with E-state index in [0.29, 0.717) is 12.5 Å². The maximum Gasteiger partial charge on any atom is 0.239 e. The van der Waals surface area contributed by atoms with Crippen LogP contribution in [0, 0.1) is 6.92 Å². The summed E-state index contributed by atoms with van der Waals surface area (Å²) in [6.45, 7) is 2.54. The fourth-order valence-corrected chi connectivity index (χ4v) is 2.07. The van der Waals surface area contributed by atoms with Crippen molar-refractivity contribution in [2.75, 3.05) is 17.4 Å². The van der Waals surface area contributed by atoms with Gasteiger partial charge in [0.2, 0.25) is 5.95 Å². The van der Waals surface area contributed by atoms with E-state index in [-0.39, 0.29) is 0 Å². The Morgan fingerprint density at radius 2 is 2.28 bits per heavy atom. The van der Waals surface area contributed by atoms with Gasteiger partial charge in [-0.1, -0.05) is 0 Å². The van der Waals surface area contributed by atoms with Crippen LogP contribution in [-0.2, 0) is 6.54 Å². The molecule has 18 heavy (non-hydrogen) atoms. The second-order valence-electron chi connectivity index (χ2n) is 3.88. The van der Waals surface area contributed by atoms with E-state index < -0.39 is 0 Å². The van der Waals surface area contributed by atoms with Crippen LogP contribution in [-0.4, -0.2) is 17.0 Å². The van der Waals surface area contributed by atoms with E-state index in [9.17, 15) is 0 Å². The summed E-state index contributed by atoms with van der Waals surface area (Å²) in [4.78, 5) is 10.2. The molecule has 3 N–H and O–H groups in total. The number of anilines is 2. The molecule has 0 spiro atoms. The quantitative estimate of drug-likeness (QED) is 0.664. The highest BCUT2D eigenvalue weighted by molar-refractivity contribution is 9.10. The van der Waals surface area contributed by atoms with Crippen molar-refractivity contribution in [3.05, 3.63) is 34.3 Å². The number of halogens is 1. The van der Waals surface area contributed by atoms with Crippen LogP contribution in [0.3, 0.4) is 0 Å². The summed E-state index contributed by atoms with van der Waals surface area (Å²) in [5, 5.41) is 0. The van der Waals surface area contributed by atoms with E-state index in [1.165, 1.54) is 0 Å². The second kappa shape index (κ2) is 5.36. The molecule has 0 aliphatic carbocycles. The highest BCUT2D eigenvalue weighted by atomic mass is 79.9. The third kappa shape index (κ3) is 2.80. The van der Waals surface area contributed by atoms with Gasteiger partial charge in [-0.05, 0) is 35.0 Å². The third-order valence-electron chi connectivity index (χ3n) is 2.41. The molecule has 0 amide bonds. The molecule has 2 rings (SSSR count). The minimum absolute atomic E-state index is 0.371. The number of nitrogens with one attached hydrogen (secondary N) is 1. The number of hydrazine groups is 1. The first-order valence-electron chi connectivity index (χ1n) is 5.35. The van der Waals surface area contributed by atoms with Crippen molar-refractivity contribution in [1.29, 1.82) is 0 Å². The average molecular weight is 312 g/mol. The smallest absolute Gasteiger partial charge is 0.239 e. The van der Waals surface area contributed by atoms with Crippen molar-refractivity contribution in [2.24, 2.45) is 5.84 Å². The SMILES string of the molecule is Cc1ccc(CN(C)c2nc(NN)ncc2Br)o1. The lowest BCUT2D eigenvalue weighted by molar-refractivity contribution is 0.481. The number of nitrogens with zero attached hydrogens (tertiary/aromatic N) is 3. The first kappa shape index (κ1) is 12.8. The number of furan rings is 1. The Morgan fingerprint density at radius 3 is 2.89 bits per heavy atom. The van der Waals surface area contributed by atoms with Crippen molar-refractivity contribution in [1.82, 2.24) is 9.97 Å². The van der Waals surface area contributed by atoms with Gasteiger partial charge in [-0.2, -0.15) is 4.98 Å². The van der Waals surface area contributed by atoms with Crippen LogP contribution in [0.4, 0.5) is 11.8 Å². The van der Waals surface area contributed by atoms with Gasteiger partial charge in [-0.25, -0.2) is 10.8 Å². The predicted molar refractivity (Wildman–Crippen MR) is 73.1 cm³/mol. The molecule has 0 aliphatic heterocycles. The van der Waals surface area contributed by atoms with Gasteiger partial charge in [0.1, 0.15) is 17.3 Å². The van der Waals surface area contributed by atoms with Gasteiger partial charge in [0.05, 0.1) is 11.0 Å². The maximum atomic E-state index is 5.53. The van der Waals surface area contributed by atoms with Crippen molar-refractivity contribution in [2.45, 2.75) is 13.5 Å². The monoisotopic (exact) mass is 311 g/mol. The zero-order chi connectivity index (χ0) is 13.1. The molecule has 2 heterocycles. The number of rotatable bonds is 4. The van der Waals surface area contributed by atoms with Crippen molar-refractivity contribution < 1.29 is 4.42 Å². The summed E-state index contributed by atoms with van der Waals surface area (Å²) in [5.41, 5.74) is 2.42. The van der Waals surface area contributed by atoms with Crippen LogP contribution in [0.1, 0.15) is 11.5 Å². The molecule has 0 saturated heterocycles. The highest BCUT2D eigenvalue weighted by Gasteiger charge is 2.11. The molecule has 96 valence electrons. The molecule has 0 saturated carbocycles. The second-order valence-corrected chi connectivity index (χ2v) is 4.73. The van der Waals surface area contributed by atoms with Crippen molar-refractivity contribution in [3.63, 3.8) is 0 Å². The molecule has 2 aromatic heterocycles. The molecule has 0 atom stereocenters. The minimum Gasteiger partial charge on any atom is -0.464 e. The Balaban J connectivity index is 2.20. The van der Waals surface area contributed by atoms with E-state index in [2.05, 4.69) is 31.3 Å². The van der Waals surface area contributed by atoms with Crippen molar-refractivity contribution >= 4 is 27.7 Å². The van der Waals surface area contributed by atoms with Crippen LogP contribution in [0.5, 0.6) is 0 Å². The average Bonchev–Trinajstić information content (AvgIpc) is 2.75. The first-order chi connectivity index (χ1) is 8.60. The van der Waals surface area contributed by atoms with Crippen LogP contribution >= 0.6 is 15.9 Å². The molecule has 0 aliphatic rings. The number of aromatic nitrogens is 2. The van der Waals surface area contributed by atoms with E-state index in [1.807, 2.05) is 31.0 Å². The van der Waals surface area contributed by atoms with E-state index in [0.717, 1.165) is 21.8 Å². The lowest BCUT2D eigenvalue weighted by Gasteiger charge is -2.18. The van der Waals surface area contributed by atoms with E-state index in [1.54, 1.807) is 6.20 Å². The zero-order valence-electron chi connectivity index (χ0n) is 10.1. The number of nitrogens with two attached hydrogens (primary N) is 1. The summed E-state index contributed by atoms with van der Waals surface area (Å²) in [6.07, 6.45) is 1.65. The Morgan fingerprint density at radius 1 is 1.50 bits per heavy atom.